The van der Waals surface area contributed by atoms with Crippen LogP contribution in [0.3, 0.4) is 0 Å². The third-order valence-corrected chi connectivity index (χ3v) is 4.67. The summed E-state index contributed by atoms with van der Waals surface area (Å²) in [6.45, 7) is 0.550. The maximum absolute atomic E-state index is 11.8. The predicted octanol–water partition coefficient (Wildman–Crippen LogP) is 4.42. The minimum Gasteiger partial charge on any atom is -0.465 e. The van der Waals surface area contributed by atoms with Crippen LogP contribution in [0.25, 0.3) is 11.4 Å². The van der Waals surface area contributed by atoms with Crippen LogP contribution in [0.2, 0.25) is 0 Å². The average molecular weight is 471 g/mol. The van der Waals surface area contributed by atoms with Gasteiger partial charge in [0.2, 0.25) is 0 Å². The lowest BCUT2D eigenvalue weighted by Gasteiger charge is -2.09. The van der Waals surface area contributed by atoms with E-state index in [4.69, 9.17) is 4.74 Å². The fraction of sp³-hybridized carbons (Fsp3) is 0.444. The number of aromatic nitrogens is 3. The van der Waals surface area contributed by atoms with Crippen LogP contribution >= 0.6 is 34.4 Å². The molecule has 0 atom stereocenters. The van der Waals surface area contributed by atoms with Gasteiger partial charge in [-0.05, 0) is 41.9 Å². The normalized spacial score (nSPS) is 13.8. The minimum absolute atomic E-state index is 0.200. The second-order valence-corrected chi connectivity index (χ2v) is 6.50. The largest absolute Gasteiger partial charge is 0.465 e. The summed E-state index contributed by atoms with van der Waals surface area (Å²) < 4.78 is 5.33. The zero-order valence-corrected chi connectivity index (χ0v) is 17.2. The van der Waals surface area contributed by atoms with Crippen LogP contribution in [-0.2, 0) is 9.53 Å². The SMILES string of the molecule is CI.O=C(CSc1nccc(-c2ccccn2)n1)OCC1CCCC1. The first-order chi connectivity index (χ1) is 12.3. The van der Waals surface area contributed by atoms with E-state index in [-0.39, 0.29) is 11.7 Å². The van der Waals surface area contributed by atoms with Crippen molar-refractivity contribution in [3.63, 3.8) is 0 Å². The Kier molecular flexibility index (Phi) is 9.17. The van der Waals surface area contributed by atoms with Gasteiger partial charge < -0.3 is 4.74 Å². The van der Waals surface area contributed by atoms with Gasteiger partial charge in [0, 0.05) is 12.4 Å². The number of halogens is 1. The molecule has 0 spiro atoms. The van der Waals surface area contributed by atoms with Gasteiger partial charge in [-0.3, -0.25) is 9.78 Å². The van der Waals surface area contributed by atoms with Crippen molar-refractivity contribution in [3.05, 3.63) is 36.7 Å². The Hall–Kier alpha value is -1.22. The van der Waals surface area contributed by atoms with E-state index in [1.165, 1.54) is 37.4 Å². The van der Waals surface area contributed by atoms with Crippen molar-refractivity contribution in [3.8, 4) is 11.4 Å². The van der Waals surface area contributed by atoms with Crippen molar-refractivity contribution in [1.82, 2.24) is 15.0 Å². The van der Waals surface area contributed by atoms with Gasteiger partial charge in [-0.15, -0.1) is 0 Å². The first kappa shape index (κ1) is 20.1. The zero-order valence-electron chi connectivity index (χ0n) is 14.2. The molecule has 0 N–H and O–H groups in total. The molecule has 5 nitrogen and oxygen atoms in total. The maximum atomic E-state index is 11.8. The van der Waals surface area contributed by atoms with E-state index in [1.807, 2.05) is 29.2 Å². The number of hydrogen-bond acceptors (Lipinski definition) is 6. The molecule has 0 radical (unpaired) electrons. The van der Waals surface area contributed by atoms with Crippen LogP contribution in [0.5, 0.6) is 0 Å². The molecule has 0 amide bonds. The fourth-order valence-electron chi connectivity index (χ4n) is 2.62. The van der Waals surface area contributed by atoms with Crippen molar-refractivity contribution < 1.29 is 9.53 Å². The second kappa shape index (κ2) is 11.4. The molecule has 1 aliphatic rings. The van der Waals surface area contributed by atoms with E-state index >= 15 is 0 Å². The van der Waals surface area contributed by atoms with Gasteiger partial charge in [0.15, 0.2) is 5.16 Å². The summed E-state index contributed by atoms with van der Waals surface area (Å²) >= 11 is 3.45. The summed E-state index contributed by atoms with van der Waals surface area (Å²) in [5.74, 6) is 0.583. The molecule has 0 unspecified atom stereocenters. The van der Waals surface area contributed by atoms with Gasteiger partial charge in [0.25, 0.3) is 0 Å². The smallest absolute Gasteiger partial charge is 0.316 e. The van der Waals surface area contributed by atoms with Crippen molar-refractivity contribution in [2.24, 2.45) is 5.92 Å². The molecule has 2 aromatic rings. The van der Waals surface area contributed by atoms with Crippen LogP contribution < -0.4 is 0 Å². The van der Waals surface area contributed by atoms with Crippen LogP contribution in [0, 0.1) is 5.92 Å². The number of thioether (sulfide) groups is 1. The number of hydrogen-bond donors (Lipinski definition) is 0. The summed E-state index contributed by atoms with van der Waals surface area (Å²) in [7, 11) is 0. The van der Waals surface area contributed by atoms with Gasteiger partial charge in [0.1, 0.15) is 0 Å². The monoisotopic (exact) mass is 471 g/mol. The maximum Gasteiger partial charge on any atom is 0.316 e. The fourth-order valence-corrected chi connectivity index (χ4v) is 3.25. The number of carbonyl (C=O) groups is 1. The standard InChI is InChI=1S/C17H19N3O2S.CH3I/c21-16(22-11-13-5-1-2-6-13)12-23-17-19-10-8-15(20-17)14-7-3-4-9-18-14;1-2/h3-4,7-10,13H,1-2,5-6,11-12H2;1H3. The minimum atomic E-state index is -0.200. The first-order valence-electron chi connectivity index (χ1n) is 8.22. The highest BCUT2D eigenvalue weighted by Crippen LogP contribution is 2.25. The lowest BCUT2D eigenvalue weighted by molar-refractivity contribution is -0.141. The molecule has 1 saturated carbocycles. The van der Waals surface area contributed by atoms with Crippen LogP contribution in [0.15, 0.2) is 41.8 Å². The molecule has 1 aliphatic carbocycles. The zero-order chi connectivity index (χ0) is 17.9. The van der Waals surface area contributed by atoms with E-state index in [2.05, 4.69) is 37.5 Å². The van der Waals surface area contributed by atoms with Gasteiger partial charge >= 0.3 is 5.97 Å². The molecule has 0 saturated heterocycles. The van der Waals surface area contributed by atoms with E-state index in [9.17, 15) is 4.79 Å². The molecular weight excluding hydrogens is 449 g/mol. The molecule has 0 aromatic carbocycles. The van der Waals surface area contributed by atoms with Gasteiger partial charge in [-0.1, -0.05) is 53.3 Å². The Balaban J connectivity index is 0.00000109. The summed E-state index contributed by atoms with van der Waals surface area (Å²) in [5.41, 5.74) is 1.54. The third-order valence-electron chi connectivity index (χ3n) is 3.83. The summed E-state index contributed by atoms with van der Waals surface area (Å²) in [4.78, 5) is 26.7. The van der Waals surface area contributed by atoms with E-state index < -0.39 is 0 Å². The Morgan fingerprint density at radius 1 is 1.16 bits per heavy atom. The highest BCUT2D eigenvalue weighted by molar-refractivity contribution is 14.1. The van der Waals surface area contributed by atoms with Crippen molar-refractivity contribution >= 4 is 40.3 Å². The number of alkyl halides is 1. The Bertz CT molecular complexity index is 652. The molecule has 0 aliphatic heterocycles. The molecule has 1 fully saturated rings. The molecule has 2 aromatic heterocycles. The van der Waals surface area contributed by atoms with Gasteiger partial charge in [-0.25, -0.2) is 9.97 Å². The number of rotatable bonds is 6. The molecule has 7 heteroatoms. The quantitative estimate of drug-likeness (QED) is 0.204. The van der Waals surface area contributed by atoms with E-state index in [1.54, 1.807) is 12.4 Å². The van der Waals surface area contributed by atoms with Crippen molar-refractivity contribution in [2.75, 3.05) is 17.3 Å². The molecular formula is C18H22IN3O2S. The molecule has 3 rings (SSSR count). The second-order valence-electron chi connectivity index (χ2n) is 5.56. The Morgan fingerprint density at radius 2 is 1.96 bits per heavy atom. The lowest BCUT2D eigenvalue weighted by atomic mass is 10.1. The van der Waals surface area contributed by atoms with Crippen molar-refractivity contribution in [1.29, 1.82) is 0 Å². The van der Waals surface area contributed by atoms with E-state index in [0.29, 0.717) is 17.7 Å². The third kappa shape index (κ3) is 6.89. The summed E-state index contributed by atoms with van der Waals surface area (Å²) in [5, 5.41) is 0.561. The summed E-state index contributed by atoms with van der Waals surface area (Å²) in [6.07, 6.45) is 8.27. The van der Waals surface area contributed by atoms with Crippen LogP contribution in [0.4, 0.5) is 0 Å². The highest BCUT2D eigenvalue weighted by Gasteiger charge is 2.17. The molecule has 2 heterocycles. The summed E-state index contributed by atoms with van der Waals surface area (Å²) in [6, 6.07) is 7.48. The van der Waals surface area contributed by atoms with Crippen molar-refractivity contribution in [2.45, 2.75) is 30.8 Å². The topological polar surface area (TPSA) is 65.0 Å². The van der Waals surface area contributed by atoms with E-state index in [0.717, 1.165) is 11.4 Å². The number of pyridine rings is 1. The number of nitrogens with zero attached hydrogens (tertiary/aromatic N) is 3. The van der Waals surface area contributed by atoms with Crippen LogP contribution in [-0.4, -0.2) is 38.2 Å². The molecule has 134 valence electrons. The molecule has 25 heavy (non-hydrogen) atoms. The number of esters is 1. The number of ether oxygens (including phenoxy) is 1. The number of carbonyl (C=O) groups excluding carboxylic acids is 1. The predicted molar refractivity (Wildman–Crippen MR) is 109 cm³/mol. The molecule has 0 bridgehead atoms. The van der Waals surface area contributed by atoms with Gasteiger partial charge in [-0.2, -0.15) is 0 Å². The van der Waals surface area contributed by atoms with Crippen LogP contribution in [0.1, 0.15) is 25.7 Å². The van der Waals surface area contributed by atoms with Gasteiger partial charge in [0.05, 0.1) is 23.7 Å². The Morgan fingerprint density at radius 3 is 2.68 bits per heavy atom. The lowest BCUT2D eigenvalue weighted by Crippen LogP contribution is -2.13. The average Bonchev–Trinajstić information content (AvgIpc) is 3.21. The highest BCUT2D eigenvalue weighted by atomic mass is 127. The first-order valence-corrected chi connectivity index (χ1v) is 11.4. The Labute approximate surface area is 166 Å².